The molecule has 5 heteroatoms. The molecule has 0 aliphatic rings. The van der Waals surface area contributed by atoms with Crippen molar-refractivity contribution in [3.63, 3.8) is 0 Å². The van der Waals surface area contributed by atoms with Gasteiger partial charge < -0.3 is 15.3 Å². The molecule has 0 bridgehead atoms. The van der Waals surface area contributed by atoms with Gasteiger partial charge in [0.15, 0.2) is 0 Å². The Hall–Kier alpha value is -3.96. The summed E-state index contributed by atoms with van der Waals surface area (Å²) in [5.74, 6) is 1.77. The average molecular weight is 420 g/mol. The van der Waals surface area contributed by atoms with Crippen LogP contribution in [0.2, 0.25) is 0 Å². The molecule has 5 rings (SSSR count). The second kappa shape index (κ2) is 9.45. The van der Waals surface area contributed by atoms with Gasteiger partial charge in [-0.2, -0.15) is 0 Å². The zero-order valence-electron chi connectivity index (χ0n) is 17.7. The fourth-order valence-corrected chi connectivity index (χ4v) is 3.82. The van der Waals surface area contributed by atoms with Gasteiger partial charge in [-0.1, -0.05) is 91.0 Å². The molecule has 5 nitrogen and oxygen atoms in total. The molecular weight excluding hydrogens is 394 g/mol. The Balaban J connectivity index is 1.35. The standard InChI is InChI=1S/C27H25N5/c1-4-10-20(11-5-1)16-24(25-19-30-27(32-25)22-14-8-3-9-15-22)28-17-23-18-29-26(31-23)21-12-6-2-7-13-21/h1-15,18-19,24,28H,16-17H2,(H,29,31)(H,30,32)/t24-/m0/s1. The van der Waals surface area contributed by atoms with Crippen LogP contribution in [0.15, 0.2) is 103 Å². The highest BCUT2D eigenvalue weighted by Gasteiger charge is 2.16. The van der Waals surface area contributed by atoms with E-state index in [1.165, 1.54) is 5.56 Å². The molecule has 0 radical (unpaired) electrons. The lowest BCUT2D eigenvalue weighted by molar-refractivity contribution is 0.516. The molecule has 0 unspecified atom stereocenters. The maximum absolute atomic E-state index is 4.63. The number of nitrogens with one attached hydrogen (secondary N) is 3. The summed E-state index contributed by atoms with van der Waals surface area (Å²) in [6.45, 7) is 0.678. The molecule has 5 aromatic rings. The van der Waals surface area contributed by atoms with Crippen molar-refractivity contribution in [2.75, 3.05) is 0 Å². The van der Waals surface area contributed by atoms with E-state index < -0.39 is 0 Å². The predicted octanol–water partition coefficient (Wildman–Crippen LogP) is 5.54. The van der Waals surface area contributed by atoms with Gasteiger partial charge in [0, 0.05) is 29.6 Å². The first-order chi connectivity index (χ1) is 15.8. The van der Waals surface area contributed by atoms with Crippen molar-refractivity contribution in [3.05, 3.63) is 120 Å². The van der Waals surface area contributed by atoms with Gasteiger partial charge in [0.1, 0.15) is 11.6 Å². The summed E-state index contributed by atoms with van der Waals surface area (Å²) < 4.78 is 0. The first-order valence-corrected chi connectivity index (χ1v) is 10.8. The van der Waals surface area contributed by atoms with Crippen LogP contribution in [-0.4, -0.2) is 19.9 Å². The van der Waals surface area contributed by atoms with Crippen molar-refractivity contribution in [2.24, 2.45) is 0 Å². The fraction of sp³-hybridized carbons (Fsp3) is 0.111. The van der Waals surface area contributed by atoms with E-state index >= 15 is 0 Å². The van der Waals surface area contributed by atoms with Crippen molar-refractivity contribution in [3.8, 4) is 22.8 Å². The maximum Gasteiger partial charge on any atom is 0.137 e. The van der Waals surface area contributed by atoms with E-state index in [0.717, 1.165) is 40.6 Å². The van der Waals surface area contributed by atoms with E-state index in [9.17, 15) is 0 Å². The summed E-state index contributed by atoms with van der Waals surface area (Å²) in [6, 6.07) is 31.0. The quantitative estimate of drug-likeness (QED) is 0.309. The number of benzene rings is 3. The van der Waals surface area contributed by atoms with E-state index in [-0.39, 0.29) is 6.04 Å². The second-order valence-corrected chi connectivity index (χ2v) is 7.80. The lowest BCUT2D eigenvalue weighted by atomic mass is 10.0. The van der Waals surface area contributed by atoms with Crippen molar-refractivity contribution in [1.29, 1.82) is 0 Å². The predicted molar refractivity (Wildman–Crippen MR) is 128 cm³/mol. The lowest BCUT2D eigenvalue weighted by Crippen LogP contribution is -2.23. The SMILES string of the molecule is c1ccc(C[C@H](NCc2cnc(-c3ccccc3)[nH]2)c2cnc(-c3ccccc3)[nH]2)cc1. The van der Waals surface area contributed by atoms with Crippen LogP contribution in [0.3, 0.4) is 0 Å². The second-order valence-electron chi connectivity index (χ2n) is 7.80. The molecule has 3 aromatic carbocycles. The van der Waals surface area contributed by atoms with Gasteiger partial charge in [-0.3, -0.25) is 0 Å². The Bertz CT molecular complexity index is 1240. The van der Waals surface area contributed by atoms with Crippen LogP contribution < -0.4 is 5.32 Å². The summed E-state index contributed by atoms with van der Waals surface area (Å²) in [5, 5.41) is 3.69. The smallest absolute Gasteiger partial charge is 0.137 e. The molecule has 0 spiro atoms. The molecule has 158 valence electrons. The molecule has 0 amide bonds. The summed E-state index contributed by atoms with van der Waals surface area (Å²) in [7, 11) is 0. The summed E-state index contributed by atoms with van der Waals surface area (Å²) in [4.78, 5) is 16.1. The van der Waals surface area contributed by atoms with Crippen molar-refractivity contribution in [2.45, 2.75) is 19.0 Å². The zero-order valence-corrected chi connectivity index (χ0v) is 17.7. The Labute approximate surface area is 187 Å². The first kappa shape index (κ1) is 20.0. The Morgan fingerprint density at radius 2 is 1.22 bits per heavy atom. The van der Waals surface area contributed by atoms with E-state index in [4.69, 9.17) is 0 Å². The van der Waals surface area contributed by atoms with Crippen LogP contribution in [-0.2, 0) is 13.0 Å². The van der Waals surface area contributed by atoms with E-state index in [0.29, 0.717) is 6.54 Å². The molecule has 0 saturated heterocycles. The Kier molecular flexibility index (Phi) is 5.90. The van der Waals surface area contributed by atoms with Gasteiger partial charge in [0.2, 0.25) is 0 Å². The van der Waals surface area contributed by atoms with Gasteiger partial charge in [0.25, 0.3) is 0 Å². The van der Waals surface area contributed by atoms with Gasteiger partial charge in [-0.25, -0.2) is 9.97 Å². The highest BCUT2D eigenvalue weighted by molar-refractivity contribution is 5.55. The number of H-pyrrole nitrogens is 2. The summed E-state index contributed by atoms with van der Waals surface area (Å²) in [6.07, 6.45) is 4.69. The molecule has 2 aromatic heterocycles. The number of nitrogens with zero attached hydrogens (tertiary/aromatic N) is 2. The van der Waals surface area contributed by atoms with Gasteiger partial charge in [-0.05, 0) is 12.0 Å². The third kappa shape index (κ3) is 4.68. The first-order valence-electron chi connectivity index (χ1n) is 10.8. The van der Waals surface area contributed by atoms with Crippen LogP contribution in [0.4, 0.5) is 0 Å². The largest absolute Gasteiger partial charge is 0.341 e. The minimum absolute atomic E-state index is 0.0887. The molecule has 1 atom stereocenters. The molecule has 32 heavy (non-hydrogen) atoms. The van der Waals surface area contributed by atoms with Crippen molar-refractivity contribution in [1.82, 2.24) is 25.3 Å². The van der Waals surface area contributed by atoms with E-state index in [1.807, 2.05) is 54.9 Å². The topological polar surface area (TPSA) is 69.4 Å². The number of rotatable bonds is 8. The third-order valence-electron chi connectivity index (χ3n) is 5.52. The van der Waals surface area contributed by atoms with Crippen LogP contribution in [0.1, 0.15) is 23.0 Å². The molecule has 0 saturated carbocycles. The molecule has 2 heterocycles. The highest BCUT2D eigenvalue weighted by Crippen LogP contribution is 2.22. The van der Waals surface area contributed by atoms with Gasteiger partial charge in [0.05, 0.1) is 17.9 Å². The Morgan fingerprint density at radius 3 is 1.88 bits per heavy atom. The van der Waals surface area contributed by atoms with Crippen LogP contribution in [0.5, 0.6) is 0 Å². The van der Waals surface area contributed by atoms with E-state index in [1.54, 1.807) is 0 Å². The average Bonchev–Trinajstić information content (AvgIpc) is 3.54. The minimum Gasteiger partial charge on any atom is -0.341 e. The molecule has 3 N–H and O–H groups in total. The highest BCUT2D eigenvalue weighted by atomic mass is 15.0. The molecule has 0 aliphatic heterocycles. The van der Waals surface area contributed by atoms with Crippen LogP contribution in [0, 0.1) is 0 Å². The van der Waals surface area contributed by atoms with Gasteiger partial charge in [-0.15, -0.1) is 0 Å². The monoisotopic (exact) mass is 419 g/mol. The normalized spacial score (nSPS) is 12.0. The molecule has 0 aliphatic carbocycles. The molecule has 0 fully saturated rings. The number of hydrogen-bond donors (Lipinski definition) is 3. The lowest BCUT2D eigenvalue weighted by Gasteiger charge is -2.17. The number of aromatic nitrogens is 4. The zero-order chi connectivity index (χ0) is 21.6. The van der Waals surface area contributed by atoms with Crippen LogP contribution in [0.25, 0.3) is 22.8 Å². The molecular formula is C27H25N5. The summed E-state index contributed by atoms with van der Waals surface area (Å²) in [5.41, 5.74) is 5.55. The van der Waals surface area contributed by atoms with Crippen molar-refractivity contribution < 1.29 is 0 Å². The van der Waals surface area contributed by atoms with E-state index in [2.05, 4.69) is 73.8 Å². The maximum atomic E-state index is 4.63. The number of hydrogen-bond acceptors (Lipinski definition) is 3. The summed E-state index contributed by atoms with van der Waals surface area (Å²) >= 11 is 0. The minimum atomic E-state index is 0.0887. The van der Waals surface area contributed by atoms with Crippen molar-refractivity contribution >= 4 is 0 Å². The number of imidazole rings is 2. The van der Waals surface area contributed by atoms with Crippen LogP contribution >= 0.6 is 0 Å². The third-order valence-corrected chi connectivity index (χ3v) is 5.52. The fourth-order valence-electron chi connectivity index (χ4n) is 3.82. The Morgan fingerprint density at radius 1 is 0.656 bits per heavy atom. The van der Waals surface area contributed by atoms with Gasteiger partial charge >= 0.3 is 0 Å². The number of aromatic amines is 2.